The van der Waals surface area contributed by atoms with Gasteiger partial charge in [-0.05, 0) is 41.5 Å². The zero-order valence-corrected chi connectivity index (χ0v) is 11.8. The minimum atomic E-state index is -0.337. The molecule has 4 rings (SSSR count). The Bertz CT molecular complexity index is 945. The molecule has 4 aromatic rings. The molecule has 0 unspecified atom stereocenters. The summed E-state index contributed by atoms with van der Waals surface area (Å²) in [5.41, 5.74) is 3.96. The molecule has 1 N–H and O–H groups in total. The lowest BCUT2D eigenvalue weighted by Gasteiger charge is -2.02. The van der Waals surface area contributed by atoms with Gasteiger partial charge in [0, 0.05) is 10.8 Å². The molecule has 0 amide bonds. The van der Waals surface area contributed by atoms with E-state index in [4.69, 9.17) is 14.1 Å². The van der Waals surface area contributed by atoms with Gasteiger partial charge in [0.1, 0.15) is 16.9 Å². The molecule has 1 aromatic heterocycles. The van der Waals surface area contributed by atoms with Gasteiger partial charge in [0.25, 0.3) is 0 Å². The molecule has 0 fully saturated rings. The van der Waals surface area contributed by atoms with Crippen LogP contribution in [0.1, 0.15) is 0 Å². The summed E-state index contributed by atoms with van der Waals surface area (Å²) in [4.78, 5) is 0. The summed E-state index contributed by atoms with van der Waals surface area (Å²) in [6.45, 7) is 0. The van der Waals surface area contributed by atoms with Crippen molar-refractivity contribution in [1.82, 2.24) is 0 Å². The normalized spacial score (nSPS) is 11.0. The van der Waals surface area contributed by atoms with E-state index in [2.05, 4.69) is 24.3 Å². The van der Waals surface area contributed by atoms with Gasteiger partial charge >= 0.3 is 7.69 Å². The van der Waals surface area contributed by atoms with Gasteiger partial charge in [-0.2, -0.15) is 0 Å². The highest BCUT2D eigenvalue weighted by Crippen LogP contribution is 2.34. The smallest absolute Gasteiger partial charge is 0.504 e. The van der Waals surface area contributed by atoms with Crippen molar-refractivity contribution in [3.8, 4) is 16.9 Å². The summed E-state index contributed by atoms with van der Waals surface area (Å²) in [7, 11) is -0.337. The van der Waals surface area contributed by atoms with Crippen LogP contribution in [0.3, 0.4) is 0 Å². The van der Waals surface area contributed by atoms with Crippen LogP contribution in [0.25, 0.3) is 33.1 Å². The number of rotatable bonds is 3. The number of hydrogen-bond acceptors (Lipinski definition) is 3. The van der Waals surface area contributed by atoms with Gasteiger partial charge in [0.2, 0.25) is 0 Å². The van der Waals surface area contributed by atoms with Crippen molar-refractivity contribution in [2.24, 2.45) is 0 Å². The Morgan fingerprint density at radius 1 is 0.773 bits per heavy atom. The number of fused-ring (bicyclic) bond motifs is 3. The largest absolute Gasteiger partial charge is 0.539 e. The predicted molar refractivity (Wildman–Crippen MR) is 89.2 cm³/mol. The second-order valence-corrected chi connectivity index (χ2v) is 5.11. The molecular weight excluding hydrogens is 275 g/mol. The van der Waals surface area contributed by atoms with Crippen molar-refractivity contribution >= 4 is 29.6 Å². The molecule has 3 nitrogen and oxygen atoms in total. The van der Waals surface area contributed by atoms with Gasteiger partial charge in [-0.3, -0.25) is 0 Å². The quantitative estimate of drug-likeness (QED) is 0.581. The van der Waals surface area contributed by atoms with Gasteiger partial charge in [-0.1, -0.05) is 36.4 Å². The molecule has 0 bridgehead atoms. The first-order chi connectivity index (χ1) is 10.8. The highest BCUT2D eigenvalue weighted by molar-refractivity contribution is 6.17. The third kappa shape index (κ3) is 2.14. The fourth-order valence-electron chi connectivity index (χ4n) is 2.73. The van der Waals surface area contributed by atoms with E-state index in [-0.39, 0.29) is 7.69 Å². The Hall–Kier alpha value is -2.72. The van der Waals surface area contributed by atoms with Crippen LogP contribution in [0.15, 0.2) is 71.1 Å². The maximum absolute atomic E-state index is 8.90. The summed E-state index contributed by atoms with van der Waals surface area (Å²) in [5.74, 6) is 0.628. The van der Waals surface area contributed by atoms with Crippen molar-refractivity contribution < 1.29 is 14.1 Å². The van der Waals surface area contributed by atoms with Crippen LogP contribution in [-0.2, 0) is 0 Å². The van der Waals surface area contributed by atoms with E-state index in [1.165, 1.54) is 5.56 Å². The van der Waals surface area contributed by atoms with Gasteiger partial charge in [0.15, 0.2) is 0 Å². The molecule has 3 aromatic carbocycles. The first-order valence-corrected chi connectivity index (χ1v) is 7.10. The van der Waals surface area contributed by atoms with Crippen molar-refractivity contribution in [1.29, 1.82) is 0 Å². The summed E-state index contributed by atoms with van der Waals surface area (Å²) in [5, 5.41) is 10.9. The first-order valence-electron chi connectivity index (χ1n) is 7.10. The van der Waals surface area contributed by atoms with E-state index in [1.54, 1.807) is 6.07 Å². The molecule has 0 radical (unpaired) electrons. The van der Waals surface area contributed by atoms with Crippen molar-refractivity contribution in [3.63, 3.8) is 0 Å². The molecule has 0 aliphatic carbocycles. The second-order valence-electron chi connectivity index (χ2n) is 5.11. The van der Waals surface area contributed by atoms with Crippen LogP contribution in [0.5, 0.6) is 5.75 Å². The second kappa shape index (κ2) is 5.24. The SMILES string of the molecule is OBOc1ccc2oc3ccc(-c4ccccc4)cc3c2c1. The third-order valence-corrected chi connectivity index (χ3v) is 3.78. The Labute approximate surface area is 128 Å². The fourth-order valence-corrected chi connectivity index (χ4v) is 2.73. The number of benzene rings is 3. The number of furan rings is 1. The topological polar surface area (TPSA) is 42.6 Å². The van der Waals surface area contributed by atoms with Gasteiger partial charge in [0.05, 0.1) is 0 Å². The molecule has 22 heavy (non-hydrogen) atoms. The summed E-state index contributed by atoms with van der Waals surface area (Å²) >= 11 is 0. The van der Waals surface area contributed by atoms with E-state index < -0.39 is 0 Å². The minimum Gasteiger partial charge on any atom is -0.539 e. The number of hydrogen-bond donors (Lipinski definition) is 1. The lowest BCUT2D eigenvalue weighted by atomic mass is 10.0. The standard InChI is InChI=1S/C18H13BO3/c20-19-22-14-7-9-18-16(11-14)15-10-13(6-8-17(15)21-18)12-4-2-1-3-5-12/h1-11,19-20H. The molecule has 106 valence electrons. The van der Waals surface area contributed by atoms with E-state index in [1.807, 2.05) is 36.4 Å². The van der Waals surface area contributed by atoms with Crippen LogP contribution < -0.4 is 4.65 Å². The van der Waals surface area contributed by atoms with Gasteiger partial charge in [-0.25, -0.2) is 0 Å². The van der Waals surface area contributed by atoms with Gasteiger partial charge in [-0.15, -0.1) is 0 Å². The molecule has 0 aliphatic rings. The summed E-state index contributed by atoms with van der Waals surface area (Å²) in [6.07, 6.45) is 0. The molecular formula is C18H13BO3. The van der Waals surface area contributed by atoms with Crippen LogP contribution in [-0.4, -0.2) is 12.7 Å². The van der Waals surface area contributed by atoms with Crippen molar-refractivity contribution in [2.45, 2.75) is 0 Å². The van der Waals surface area contributed by atoms with Crippen molar-refractivity contribution in [3.05, 3.63) is 66.7 Å². The molecule has 0 saturated heterocycles. The zero-order valence-electron chi connectivity index (χ0n) is 11.8. The zero-order chi connectivity index (χ0) is 14.9. The molecule has 4 heteroatoms. The average Bonchev–Trinajstić information content (AvgIpc) is 2.93. The van der Waals surface area contributed by atoms with E-state index in [9.17, 15) is 0 Å². The van der Waals surface area contributed by atoms with Crippen LogP contribution in [0.2, 0.25) is 0 Å². The lowest BCUT2D eigenvalue weighted by Crippen LogP contribution is -1.98. The third-order valence-electron chi connectivity index (χ3n) is 3.78. The molecule has 0 spiro atoms. The van der Waals surface area contributed by atoms with Crippen LogP contribution in [0, 0.1) is 0 Å². The Kier molecular flexibility index (Phi) is 3.09. The maximum Gasteiger partial charge on any atom is 0.504 e. The first kappa shape index (κ1) is 13.0. The summed E-state index contributed by atoms with van der Waals surface area (Å²) in [6, 6.07) is 22.0. The molecule has 0 atom stereocenters. The monoisotopic (exact) mass is 288 g/mol. The highest BCUT2D eigenvalue weighted by Gasteiger charge is 2.09. The fraction of sp³-hybridized carbons (Fsp3) is 0. The average molecular weight is 288 g/mol. The Morgan fingerprint density at radius 2 is 1.50 bits per heavy atom. The Balaban J connectivity index is 1.93. The Morgan fingerprint density at radius 3 is 2.27 bits per heavy atom. The lowest BCUT2D eigenvalue weighted by molar-refractivity contribution is 0.454. The minimum absolute atomic E-state index is 0.337. The van der Waals surface area contributed by atoms with Crippen LogP contribution in [0.4, 0.5) is 0 Å². The van der Waals surface area contributed by atoms with E-state index >= 15 is 0 Å². The van der Waals surface area contributed by atoms with Crippen LogP contribution >= 0.6 is 0 Å². The van der Waals surface area contributed by atoms with Crippen molar-refractivity contribution in [2.75, 3.05) is 0 Å². The molecule has 0 saturated carbocycles. The van der Waals surface area contributed by atoms with E-state index in [0.717, 1.165) is 27.5 Å². The molecule has 1 heterocycles. The predicted octanol–water partition coefficient (Wildman–Crippen LogP) is 3.89. The maximum atomic E-state index is 8.90. The van der Waals surface area contributed by atoms with Gasteiger partial charge < -0.3 is 14.1 Å². The summed E-state index contributed by atoms with van der Waals surface area (Å²) < 4.78 is 11.0. The molecule has 0 aliphatic heterocycles. The highest BCUT2D eigenvalue weighted by atomic mass is 16.5. The van der Waals surface area contributed by atoms with E-state index in [0.29, 0.717) is 5.75 Å².